The normalized spacial score (nSPS) is 14.9. The van der Waals surface area contributed by atoms with Crippen molar-refractivity contribution in [3.05, 3.63) is 15.0 Å². The maximum atomic E-state index is 10.7. The third kappa shape index (κ3) is 4.20. The van der Waals surface area contributed by atoms with Crippen molar-refractivity contribution in [2.24, 2.45) is 0 Å². The minimum absolute atomic E-state index is 0.0819. The first-order valence-electron chi connectivity index (χ1n) is 4.11. The van der Waals surface area contributed by atoms with E-state index in [1.54, 1.807) is 5.38 Å². The predicted octanol–water partition coefficient (Wildman–Crippen LogP) is 1.58. The van der Waals surface area contributed by atoms with Crippen molar-refractivity contribution in [3.63, 3.8) is 0 Å². The summed E-state index contributed by atoms with van der Waals surface area (Å²) < 4.78 is 0.632. The van der Waals surface area contributed by atoms with Gasteiger partial charge >= 0.3 is 0 Å². The van der Waals surface area contributed by atoms with Crippen molar-refractivity contribution in [1.29, 1.82) is 0 Å². The molecule has 0 bridgehead atoms. The Balaban J connectivity index is 2.52. The zero-order valence-corrected chi connectivity index (χ0v) is 11.1. The fraction of sp³-hybridized carbons (Fsp3) is 0.500. The van der Waals surface area contributed by atoms with Crippen molar-refractivity contribution >= 4 is 44.1 Å². The topological polar surface area (TPSA) is 70.4 Å². The molecule has 0 aromatic carbocycles. The molecule has 2 atom stereocenters. The molecule has 0 aliphatic carbocycles. The molecule has 0 spiro atoms. The average Bonchev–Trinajstić information content (AvgIpc) is 2.60. The van der Waals surface area contributed by atoms with Crippen molar-refractivity contribution in [2.45, 2.75) is 19.1 Å². The molecular formula is C8H10BrNO3S2. The number of hydrogen-bond acceptors (Lipinski definition) is 6. The van der Waals surface area contributed by atoms with Crippen LogP contribution in [0.1, 0.15) is 18.0 Å². The molecule has 1 heterocycles. The van der Waals surface area contributed by atoms with Gasteiger partial charge in [0.15, 0.2) is 5.12 Å². The first kappa shape index (κ1) is 13.1. The van der Waals surface area contributed by atoms with Gasteiger partial charge in [-0.15, -0.1) is 11.3 Å². The van der Waals surface area contributed by atoms with Gasteiger partial charge in [-0.05, 0) is 15.9 Å². The van der Waals surface area contributed by atoms with Gasteiger partial charge in [-0.25, -0.2) is 4.98 Å². The predicted molar refractivity (Wildman–Crippen MR) is 63.9 cm³/mol. The number of hydrogen-bond donors (Lipinski definition) is 2. The Bertz CT molecular complexity index is 344. The third-order valence-electron chi connectivity index (χ3n) is 1.57. The summed E-state index contributed by atoms with van der Waals surface area (Å²) in [7, 11) is 0. The first-order chi connectivity index (χ1) is 7.00. The highest BCUT2D eigenvalue weighted by Gasteiger charge is 2.21. The Labute approximate surface area is 104 Å². The van der Waals surface area contributed by atoms with E-state index in [0.717, 1.165) is 11.8 Å². The van der Waals surface area contributed by atoms with Crippen LogP contribution < -0.4 is 0 Å². The highest BCUT2D eigenvalue weighted by Crippen LogP contribution is 2.25. The molecule has 0 amide bonds. The summed E-state index contributed by atoms with van der Waals surface area (Å²) >= 11 is 5.40. The maximum Gasteiger partial charge on any atom is 0.185 e. The van der Waals surface area contributed by atoms with Crippen molar-refractivity contribution in [1.82, 2.24) is 4.98 Å². The number of halogens is 1. The first-order valence-corrected chi connectivity index (χ1v) is 6.77. The summed E-state index contributed by atoms with van der Waals surface area (Å²) in [5.74, 6) is 0.174. The van der Waals surface area contributed by atoms with E-state index in [1.807, 2.05) is 0 Å². The quantitative estimate of drug-likeness (QED) is 0.883. The summed E-state index contributed by atoms with van der Waals surface area (Å²) in [5.41, 5.74) is 0. The van der Waals surface area contributed by atoms with Crippen LogP contribution in [0.2, 0.25) is 0 Å². The van der Waals surface area contributed by atoms with E-state index >= 15 is 0 Å². The van der Waals surface area contributed by atoms with Gasteiger partial charge in [-0.1, -0.05) is 11.8 Å². The number of carbonyl (C=O) groups is 1. The minimum Gasteiger partial charge on any atom is -0.389 e. The van der Waals surface area contributed by atoms with Crippen LogP contribution in [0.25, 0.3) is 0 Å². The third-order valence-corrected chi connectivity index (χ3v) is 4.11. The SMILES string of the molecule is CC(=O)SCC(O)C(O)c1nc(Br)cs1. The molecule has 84 valence electrons. The molecule has 0 aliphatic heterocycles. The Kier molecular flexibility index (Phi) is 5.20. The number of nitrogens with zero attached hydrogens (tertiary/aromatic N) is 1. The Hall–Kier alpha value is 0.0500. The van der Waals surface area contributed by atoms with E-state index in [0.29, 0.717) is 9.61 Å². The van der Waals surface area contributed by atoms with Gasteiger partial charge in [0, 0.05) is 18.1 Å². The Morgan fingerprint density at radius 3 is 2.87 bits per heavy atom. The van der Waals surface area contributed by atoms with Crippen LogP contribution in [0.15, 0.2) is 9.98 Å². The van der Waals surface area contributed by atoms with Crippen molar-refractivity contribution in [3.8, 4) is 0 Å². The van der Waals surface area contributed by atoms with E-state index in [2.05, 4.69) is 20.9 Å². The molecule has 7 heteroatoms. The highest BCUT2D eigenvalue weighted by atomic mass is 79.9. The number of carbonyl (C=O) groups excluding carboxylic acids is 1. The molecule has 2 N–H and O–H groups in total. The van der Waals surface area contributed by atoms with Crippen molar-refractivity contribution < 1.29 is 15.0 Å². The molecule has 15 heavy (non-hydrogen) atoms. The lowest BCUT2D eigenvalue weighted by Gasteiger charge is -2.14. The fourth-order valence-electron chi connectivity index (χ4n) is 0.861. The molecule has 0 aliphatic rings. The van der Waals surface area contributed by atoms with Crippen LogP contribution in [0.5, 0.6) is 0 Å². The largest absolute Gasteiger partial charge is 0.389 e. The van der Waals surface area contributed by atoms with Crippen LogP contribution in [-0.4, -0.2) is 32.2 Å². The standard InChI is InChI=1S/C8H10BrNO3S2/c1-4(11)14-2-5(12)7(13)8-10-6(9)3-15-8/h3,5,7,12-13H,2H2,1H3. The van der Waals surface area contributed by atoms with E-state index in [1.165, 1.54) is 18.3 Å². The van der Waals surface area contributed by atoms with Gasteiger partial charge in [-0.3, -0.25) is 4.79 Å². The summed E-state index contributed by atoms with van der Waals surface area (Å²) in [4.78, 5) is 14.7. The lowest BCUT2D eigenvalue weighted by Crippen LogP contribution is -2.21. The maximum absolute atomic E-state index is 10.7. The van der Waals surface area contributed by atoms with Crippen LogP contribution >= 0.6 is 39.0 Å². The average molecular weight is 312 g/mol. The second-order valence-corrected chi connectivity index (χ2v) is 5.72. The van der Waals surface area contributed by atoms with Gasteiger partial charge in [0.05, 0.1) is 6.10 Å². The molecule has 1 aromatic heterocycles. The Morgan fingerprint density at radius 1 is 1.73 bits per heavy atom. The summed E-state index contributed by atoms with van der Waals surface area (Å²) in [5, 5.41) is 21.3. The number of thioether (sulfide) groups is 1. The zero-order valence-electron chi connectivity index (χ0n) is 7.88. The second-order valence-electron chi connectivity index (χ2n) is 2.82. The number of aliphatic hydroxyl groups excluding tert-OH is 2. The molecule has 0 saturated heterocycles. The molecule has 0 radical (unpaired) electrons. The Morgan fingerprint density at radius 2 is 2.40 bits per heavy atom. The molecular weight excluding hydrogens is 302 g/mol. The smallest absolute Gasteiger partial charge is 0.185 e. The zero-order chi connectivity index (χ0) is 11.4. The van der Waals surface area contributed by atoms with Crippen LogP contribution in [0, 0.1) is 0 Å². The number of aliphatic hydroxyl groups is 2. The van der Waals surface area contributed by atoms with Gasteiger partial charge in [0.25, 0.3) is 0 Å². The van der Waals surface area contributed by atoms with Crippen LogP contribution in [-0.2, 0) is 4.79 Å². The van der Waals surface area contributed by atoms with E-state index in [-0.39, 0.29) is 10.9 Å². The lowest BCUT2D eigenvalue weighted by atomic mass is 10.2. The van der Waals surface area contributed by atoms with E-state index < -0.39 is 12.2 Å². The lowest BCUT2D eigenvalue weighted by molar-refractivity contribution is -0.109. The van der Waals surface area contributed by atoms with Gasteiger partial charge in [-0.2, -0.15) is 0 Å². The summed E-state index contributed by atoms with van der Waals surface area (Å²) in [6.07, 6.45) is -2.01. The minimum atomic E-state index is -1.03. The van der Waals surface area contributed by atoms with Crippen LogP contribution in [0.3, 0.4) is 0 Å². The van der Waals surface area contributed by atoms with Gasteiger partial charge < -0.3 is 10.2 Å². The number of aromatic nitrogens is 1. The summed E-state index contributed by atoms with van der Waals surface area (Å²) in [6, 6.07) is 0. The van der Waals surface area contributed by atoms with Gasteiger partial charge in [0.1, 0.15) is 15.7 Å². The number of thiazole rings is 1. The highest BCUT2D eigenvalue weighted by molar-refractivity contribution is 9.10. The summed E-state index contributed by atoms with van der Waals surface area (Å²) in [6.45, 7) is 1.42. The monoisotopic (exact) mass is 311 g/mol. The van der Waals surface area contributed by atoms with E-state index in [4.69, 9.17) is 0 Å². The van der Waals surface area contributed by atoms with Crippen LogP contribution in [0.4, 0.5) is 0 Å². The molecule has 1 aromatic rings. The second kappa shape index (κ2) is 5.95. The molecule has 1 rings (SSSR count). The van der Waals surface area contributed by atoms with Crippen molar-refractivity contribution in [2.75, 3.05) is 5.75 Å². The number of rotatable bonds is 4. The van der Waals surface area contributed by atoms with Gasteiger partial charge in [0.2, 0.25) is 0 Å². The molecule has 0 saturated carbocycles. The molecule has 2 unspecified atom stereocenters. The molecule has 4 nitrogen and oxygen atoms in total. The fourth-order valence-corrected chi connectivity index (χ4v) is 2.76. The van der Waals surface area contributed by atoms with E-state index in [9.17, 15) is 15.0 Å². The molecule has 0 fully saturated rings.